The lowest BCUT2D eigenvalue weighted by molar-refractivity contribution is 0.108. The van der Waals surface area contributed by atoms with Gasteiger partial charge in [-0.3, -0.25) is 0 Å². The summed E-state index contributed by atoms with van der Waals surface area (Å²) in [4.78, 5) is 0.0385. The molecule has 0 saturated carbocycles. The van der Waals surface area contributed by atoms with Gasteiger partial charge in [0.25, 0.3) is 0 Å². The van der Waals surface area contributed by atoms with Crippen molar-refractivity contribution in [3.05, 3.63) is 23.2 Å². The van der Waals surface area contributed by atoms with Gasteiger partial charge in [-0.15, -0.1) is 0 Å². The van der Waals surface area contributed by atoms with Crippen molar-refractivity contribution in [2.75, 3.05) is 20.2 Å². The van der Waals surface area contributed by atoms with E-state index in [4.69, 9.17) is 16.3 Å². The molecule has 1 aromatic rings. The van der Waals surface area contributed by atoms with Crippen molar-refractivity contribution >= 4 is 21.6 Å². The van der Waals surface area contributed by atoms with E-state index in [1.807, 2.05) is 0 Å². The lowest BCUT2D eigenvalue weighted by atomic mass is 10.1. The Bertz CT molecular complexity index is 561. The Morgan fingerprint density at radius 2 is 2.21 bits per heavy atom. The summed E-state index contributed by atoms with van der Waals surface area (Å²) in [5.41, 5.74) is 0. The zero-order valence-electron chi connectivity index (χ0n) is 10.5. The third-order valence-corrected chi connectivity index (χ3v) is 5.22. The number of ether oxygens (including phenoxy) is 1. The maximum atomic E-state index is 12.5. The second-order valence-corrected chi connectivity index (χ2v) is 6.80. The first-order chi connectivity index (χ1) is 8.95. The predicted molar refractivity (Wildman–Crippen MR) is 72.0 cm³/mol. The molecular formula is C12H16ClNO4S. The topological polar surface area (TPSA) is 66.8 Å². The van der Waals surface area contributed by atoms with Crippen molar-refractivity contribution in [2.45, 2.75) is 23.8 Å². The second kappa shape index (κ2) is 5.66. The summed E-state index contributed by atoms with van der Waals surface area (Å²) in [5, 5.41) is 9.94. The molecule has 0 spiro atoms. The number of nitrogens with zero attached hydrogens (tertiary/aromatic N) is 1. The minimum atomic E-state index is -3.70. The molecule has 0 radical (unpaired) electrons. The zero-order valence-corrected chi connectivity index (χ0v) is 12.1. The van der Waals surface area contributed by atoms with E-state index in [1.54, 1.807) is 6.07 Å². The van der Waals surface area contributed by atoms with E-state index in [0.29, 0.717) is 24.4 Å². The van der Waals surface area contributed by atoms with Gasteiger partial charge < -0.3 is 9.84 Å². The number of hydrogen-bond donors (Lipinski definition) is 1. The number of halogens is 1. The van der Waals surface area contributed by atoms with Gasteiger partial charge in [-0.2, -0.15) is 4.31 Å². The van der Waals surface area contributed by atoms with E-state index in [9.17, 15) is 13.5 Å². The number of benzene rings is 1. The maximum Gasteiger partial charge on any atom is 0.246 e. The van der Waals surface area contributed by atoms with Crippen LogP contribution in [0.15, 0.2) is 23.1 Å². The summed E-state index contributed by atoms with van der Waals surface area (Å²) >= 11 is 5.86. The Balaban J connectivity index is 2.41. The number of rotatable bonds is 3. The molecule has 1 atom stereocenters. The lowest BCUT2D eigenvalue weighted by Crippen LogP contribution is -2.42. The SMILES string of the molecule is COc1ccc(Cl)cc1S(=O)(=O)N1CCCC(O)C1. The number of methoxy groups -OCH3 is 1. The Kier molecular flexibility index (Phi) is 4.35. The van der Waals surface area contributed by atoms with E-state index in [1.165, 1.54) is 23.5 Å². The standard InChI is InChI=1S/C12H16ClNO4S/c1-18-11-5-4-9(13)7-12(11)19(16,17)14-6-2-3-10(15)8-14/h4-5,7,10,15H,2-3,6,8H2,1H3. The van der Waals surface area contributed by atoms with Gasteiger partial charge in [0.2, 0.25) is 10.0 Å². The number of aliphatic hydroxyl groups excluding tert-OH is 1. The quantitative estimate of drug-likeness (QED) is 0.919. The normalized spacial score (nSPS) is 21.3. The van der Waals surface area contributed by atoms with Gasteiger partial charge in [-0.05, 0) is 31.0 Å². The summed E-state index contributed by atoms with van der Waals surface area (Å²) in [6.45, 7) is 0.507. The molecule has 0 bridgehead atoms. The molecule has 1 aliphatic rings. The molecule has 1 heterocycles. The van der Waals surface area contributed by atoms with Gasteiger partial charge in [0.05, 0.1) is 13.2 Å². The highest BCUT2D eigenvalue weighted by atomic mass is 35.5. The largest absolute Gasteiger partial charge is 0.495 e. The minimum Gasteiger partial charge on any atom is -0.495 e. The first-order valence-electron chi connectivity index (χ1n) is 5.97. The average Bonchev–Trinajstić information content (AvgIpc) is 2.38. The van der Waals surface area contributed by atoms with Crippen LogP contribution in [0.25, 0.3) is 0 Å². The molecule has 1 saturated heterocycles. The van der Waals surface area contributed by atoms with Crippen LogP contribution in [-0.4, -0.2) is 44.1 Å². The molecule has 0 aromatic heterocycles. The Morgan fingerprint density at radius 1 is 1.47 bits per heavy atom. The molecule has 106 valence electrons. The summed E-state index contributed by atoms with van der Waals surface area (Å²) in [7, 11) is -2.29. The highest BCUT2D eigenvalue weighted by Gasteiger charge is 2.31. The third kappa shape index (κ3) is 3.02. The highest BCUT2D eigenvalue weighted by Crippen LogP contribution is 2.30. The van der Waals surface area contributed by atoms with Crippen molar-refractivity contribution < 1.29 is 18.3 Å². The summed E-state index contributed by atoms with van der Waals surface area (Å²) in [5.74, 6) is 0.254. The van der Waals surface area contributed by atoms with Gasteiger partial charge in [0.15, 0.2) is 0 Å². The van der Waals surface area contributed by atoms with Crippen molar-refractivity contribution in [1.29, 1.82) is 0 Å². The summed E-state index contributed by atoms with van der Waals surface area (Å²) < 4.78 is 31.4. The molecule has 0 amide bonds. The van der Waals surface area contributed by atoms with Crippen LogP contribution in [0.3, 0.4) is 0 Å². The van der Waals surface area contributed by atoms with Crippen LogP contribution in [-0.2, 0) is 10.0 Å². The predicted octanol–water partition coefficient (Wildman–Crippen LogP) is 1.49. The molecule has 1 aliphatic heterocycles. The van der Waals surface area contributed by atoms with Crippen LogP contribution in [0, 0.1) is 0 Å². The Morgan fingerprint density at radius 3 is 2.84 bits per heavy atom. The van der Waals surface area contributed by atoms with E-state index in [2.05, 4.69) is 0 Å². The number of sulfonamides is 1. The third-order valence-electron chi connectivity index (χ3n) is 3.10. The van der Waals surface area contributed by atoms with Gasteiger partial charge >= 0.3 is 0 Å². The molecule has 1 unspecified atom stereocenters. The monoisotopic (exact) mass is 305 g/mol. The molecule has 5 nitrogen and oxygen atoms in total. The molecular weight excluding hydrogens is 290 g/mol. The van der Waals surface area contributed by atoms with Crippen LogP contribution in [0.2, 0.25) is 5.02 Å². The van der Waals surface area contributed by atoms with E-state index in [-0.39, 0.29) is 17.2 Å². The van der Waals surface area contributed by atoms with Crippen LogP contribution < -0.4 is 4.74 Å². The number of hydrogen-bond acceptors (Lipinski definition) is 4. The van der Waals surface area contributed by atoms with Crippen molar-refractivity contribution in [3.63, 3.8) is 0 Å². The van der Waals surface area contributed by atoms with Gasteiger partial charge in [0, 0.05) is 18.1 Å². The summed E-state index contributed by atoms with van der Waals surface area (Å²) in [6, 6.07) is 4.47. The molecule has 1 fully saturated rings. The first-order valence-corrected chi connectivity index (χ1v) is 7.78. The first kappa shape index (κ1) is 14.6. The van der Waals surface area contributed by atoms with Crippen molar-refractivity contribution in [3.8, 4) is 5.75 Å². The Hall–Kier alpha value is -0.820. The number of piperidine rings is 1. The van der Waals surface area contributed by atoms with Gasteiger partial charge in [0.1, 0.15) is 10.6 Å². The molecule has 1 aromatic carbocycles. The molecule has 19 heavy (non-hydrogen) atoms. The maximum absolute atomic E-state index is 12.5. The number of β-amino-alcohol motifs (C(OH)–C–C–N with tert-alkyl or cyclic N) is 1. The highest BCUT2D eigenvalue weighted by molar-refractivity contribution is 7.89. The van der Waals surface area contributed by atoms with Crippen LogP contribution >= 0.6 is 11.6 Å². The number of aliphatic hydroxyl groups is 1. The molecule has 7 heteroatoms. The van der Waals surface area contributed by atoms with Crippen LogP contribution in [0.5, 0.6) is 5.75 Å². The average molecular weight is 306 g/mol. The van der Waals surface area contributed by atoms with E-state index < -0.39 is 16.1 Å². The zero-order chi connectivity index (χ0) is 14.0. The molecule has 1 N–H and O–H groups in total. The van der Waals surface area contributed by atoms with E-state index >= 15 is 0 Å². The fraction of sp³-hybridized carbons (Fsp3) is 0.500. The minimum absolute atomic E-state index is 0.0385. The van der Waals surface area contributed by atoms with Crippen molar-refractivity contribution in [1.82, 2.24) is 4.31 Å². The van der Waals surface area contributed by atoms with Gasteiger partial charge in [-0.1, -0.05) is 11.6 Å². The smallest absolute Gasteiger partial charge is 0.246 e. The fourth-order valence-electron chi connectivity index (χ4n) is 2.13. The van der Waals surface area contributed by atoms with E-state index in [0.717, 1.165) is 0 Å². The second-order valence-electron chi connectivity index (χ2n) is 4.45. The molecule has 0 aliphatic carbocycles. The van der Waals surface area contributed by atoms with Crippen LogP contribution in [0.1, 0.15) is 12.8 Å². The lowest BCUT2D eigenvalue weighted by Gasteiger charge is -2.29. The Labute approximate surface area is 117 Å². The molecule has 2 rings (SSSR count). The summed E-state index contributed by atoms with van der Waals surface area (Å²) in [6.07, 6.45) is 0.649. The van der Waals surface area contributed by atoms with Gasteiger partial charge in [-0.25, -0.2) is 8.42 Å². The fourth-order valence-corrected chi connectivity index (χ4v) is 4.06. The van der Waals surface area contributed by atoms with Crippen LogP contribution in [0.4, 0.5) is 0 Å². The van der Waals surface area contributed by atoms with Crippen molar-refractivity contribution in [2.24, 2.45) is 0 Å².